The van der Waals surface area contributed by atoms with Crippen molar-refractivity contribution in [2.45, 2.75) is 43.4 Å². The Balaban J connectivity index is 2.58. The number of imide groups is 1. The highest BCUT2D eigenvalue weighted by atomic mass is 35.5. The van der Waals surface area contributed by atoms with Crippen LogP contribution in [0.15, 0.2) is 23.1 Å². The summed E-state index contributed by atoms with van der Waals surface area (Å²) in [6, 6.07) is 3.67. The molecule has 0 aromatic heterocycles. The lowest BCUT2D eigenvalue weighted by Crippen LogP contribution is -2.49. The van der Waals surface area contributed by atoms with Crippen molar-refractivity contribution < 1.29 is 14.0 Å². The number of hydrogen-bond acceptors (Lipinski definition) is 3. The summed E-state index contributed by atoms with van der Waals surface area (Å²) in [5.74, 6) is -0.940. The smallest absolute Gasteiger partial charge is 0.321 e. The van der Waals surface area contributed by atoms with Crippen molar-refractivity contribution in [1.82, 2.24) is 10.6 Å². The van der Waals surface area contributed by atoms with Crippen LogP contribution in [0.4, 0.5) is 9.18 Å². The number of halogens is 2. The highest BCUT2D eigenvalue weighted by Crippen LogP contribution is 2.27. The lowest BCUT2D eigenvalue weighted by atomic mass is 10.1. The maximum Gasteiger partial charge on any atom is 0.321 e. The van der Waals surface area contributed by atoms with Crippen LogP contribution in [0.25, 0.3) is 0 Å². The van der Waals surface area contributed by atoms with Gasteiger partial charge >= 0.3 is 6.03 Å². The van der Waals surface area contributed by atoms with E-state index in [2.05, 4.69) is 10.6 Å². The van der Waals surface area contributed by atoms with Crippen LogP contribution in [0.5, 0.6) is 0 Å². The van der Waals surface area contributed by atoms with Crippen LogP contribution in [0.2, 0.25) is 5.02 Å². The number of thioether (sulfide) groups is 1. The molecule has 1 aromatic rings. The molecule has 0 fully saturated rings. The van der Waals surface area contributed by atoms with Gasteiger partial charge < -0.3 is 5.32 Å². The summed E-state index contributed by atoms with van der Waals surface area (Å²) in [6.07, 6.45) is 0. The fourth-order valence-electron chi connectivity index (χ4n) is 1.39. The van der Waals surface area contributed by atoms with E-state index in [1.807, 2.05) is 20.8 Å². The minimum absolute atomic E-state index is 0.00177. The van der Waals surface area contributed by atoms with Crippen LogP contribution in [0.1, 0.15) is 27.7 Å². The van der Waals surface area contributed by atoms with Gasteiger partial charge in [-0.15, -0.1) is 11.8 Å². The molecular formula is C14H18ClFN2O2S. The van der Waals surface area contributed by atoms with Crippen molar-refractivity contribution in [3.8, 4) is 0 Å². The van der Waals surface area contributed by atoms with Crippen molar-refractivity contribution in [1.29, 1.82) is 0 Å². The SMILES string of the molecule is C[C@H](Sc1ccc(F)c(Cl)c1)C(=O)NC(=O)NC(C)(C)C. The fraction of sp³-hybridized carbons (Fsp3) is 0.429. The quantitative estimate of drug-likeness (QED) is 0.832. The van der Waals surface area contributed by atoms with Gasteiger partial charge in [0.15, 0.2) is 0 Å². The Morgan fingerprint density at radius 1 is 1.33 bits per heavy atom. The molecule has 0 aliphatic rings. The Morgan fingerprint density at radius 2 is 1.95 bits per heavy atom. The Bertz CT molecular complexity index is 546. The summed E-state index contributed by atoms with van der Waals surface area (Å²) in [6.45, 7) is 7.10. The highest BCUT2D eigenvalue weighted by molar-refractivity contribution is 8.00. The van der Waals surface area contributed by atoms with Gasteiger partial charge in [-0.3, -0.25) is 10.1 Å². The monoisotopic (exact) mass is 332 g/mol. The fourth-order valence-corrected chi connectivity index (χ4v) is 2.55. The third-order valence-electron chi connectivity index (χ3n) is 2.30. The molecule has 7 heteroatoms. The summed E-state index contributed by atoms with van der Waals surface area (Å²) in [5.41, 5.74) is -0.425. The molecule has 1 rings (SSSR count). The van der Waals surface area contributed by atoms with Crippen LogP contribution < -0.4 is 10.6 Å². The molecule has 0 unspecified atom stereocenters. The lowest BCUT2D eigenvalue weighted by molar-refractivity contribution is -0.119. The van der Waals surface area contributed by atoms with Gasteiger partial charge in [0.2, 0.25) is 5.91 Å². The van der Waals surface area contributed by atoms with Gasteiger partial charge in [-0.1, -0.05) is 11.6 Å². The van der Waals surface area contributed by atoms with Crippen molar-refractivity contribution in [2.24, 2.45) is 0 Å². The predicted molar refractivity (Wildman–Crippen MR) is 83.2 cm³/mol. The normalized spacial score (nSPS) is 12.7. The van der Waals surface area contributed by atoms with Crippen LogP contribution >= 0.6 is 23.4 Å². The number of benzene rings is 1. The van der Waals surface area contributed by atoms with E-state index in [1.165, 1.54) is 30.0 Å². The molecule has 0 aliphatic carbocycles. The zero-order valence-corrected chi connectivity index (χ0v) is 13.9. The zero-order chi connectivity index (χ0) is 16.2. The van der Waals surface area contributed by atoms with Gasteiger partial charge in [-0.25, -0.2) is 9.18 Å². The molecule has 0 radical (unpaired) electrons. The van der Waals surface area contributed by atoms with Gasteiger partial charge in [0, 0.05) is 10.4 Å². The molecule has 0 spiro atoms. The van der Waals surface area contributed by atoms with E-state index >= 15 is 0 Å². The largest absolute Gasteiger partial charge is 0.333 e. The molecular weight excluding hydrogens is 315 g/mol. The van der Waals surface area contributed by atoms with Crippen LogP contribution in [-0.4, -0.2) is 22.7 Å². The third kappa shape index (κ3) is 6.35. The van der Waals surface area contributed by atoms with Gasteiger partial charge in [-0.05, 0) is 45.9 Å². The number of rotatable bonds is 3. The summed E-state index contributed by atoms with van der Waals surface area (Å²) >= 11 is 6.87. The maximum atomic E-state index is 13.1. The maximum absolute atomic E-state index is 13.1. The Kier molecular flexibility index (Phi) is 6.04. The van der Waals surface area contributed by atoms with E-state index < -0.39 is 28.5 Å². The van der Waals surface area contributed by atoms with E-state index in [1.54, 1.807) is 6.92 Å². The van der Waals surface area contributed by atoms with E-state index in [-0.39, 0.29) is 5.02 Å². The van der Waals surface area contributed by atoms with Gasteiger partial charge in [0.1, 0.15) is 5.82 Å². The Labute approximate surface area is 132 Å². The van der Waals surface area contributed by atoms with Gasteiger partial charge in [-0.2, -0.15) is 0 Å². The molecule has 0 aliphatic heterocycles. The van der Waals surface area contributed by atoms with Crippen LogP contribution in [-0.2, 0) is 4.79 Å². The van der Waals surface area contributed by atoms with E-state index in [0.29, 0.717) is 4.90 Å². The average molecular weight is 333 g/mol. The number of hydrogen-bond donors (Lipinski definition) is 2. The summed E-state index contributed by atoms with van der Waals surface area (Å²) in [5, 5.41) is 4.38. The van der Waals surface area contributed by atoms with E-state index in [9.17, 15) is 14.0 Å². The number of nitrogens with one attached hydrogen (secondary N) is 2. The second-order valence-corrected chi connectivity index (χ2v) is 7.35. The summed E-state index contributed by atoms with van der Waals surface area (Å²) in [7, 11) is 0. The minimum atomic E-state index is -0.544. The van der Waals surface area contributed by atoms with Crippen molar-refractivity contribution in [3.05, 3.63) is 29.0 Å². The van der Waals surface area contributed by atoms with Gasteiger partial charge in [0.25, 0.3) is 0 Å². The molecule has 116 valence electrons. The average Bonchev–Trinajstić information content (AvgIpc) is 2.31. The highest BCUT2D eigenvalue weighted by Gasteiger charge is 2.20. The first-order valence-corrected chi connectivity index (χ1v) is 7.59. The van der Waals surface area contributed by atoms with E-state index in [4.69, 9.17) is 11.6 Å². The first-order chi connectivity index (χ1) is 9.58. The van der Waals surface area contributed by atoms with E-state index in [0.717, 1.165) is 0 Å². The topological polar surface area (TPSA) is 58.2 Å². The van der Waals surface area contributed by atoms with Crippen LogP contribution in [0, 0.1) is 5.82 Å². The summed E-state index contributed by atoms with van der Waals surface area (Å²) in [4.78, 5) is 24.2. The molecule has 21 heavy (non-hydrogen) atoms. The number of urea groups is 1. The second-order valence-electron chi connectivity index (χ2n) is 5.53. The first kappa shape index (κ1) is 17.8. The van der Waals surface area contributed by atoms with Gasteiger partial charge in [0.05, 0.1) is 10.3 Å². The van der Waals surface area contributed by atoms with Crippen LogP contribution in [0.3, 0.4) is 0 Å². The number of carbonyl (C=O) groups excluding carboxylic acids is 2. The minimum Gasteiger partial charge on any atom is -0.333 e. The Hall–Kier alpha value is -1.27. The molecule has 0 heterocycles. The molecule has 0 bridgehead atoms. The number of amides is 3. The molecule has 2 N–H and O–H groups in total. The van der Waals surface area contributed by atoms with Crippen molar-refractivity contribution in [3.63, 3.8) is 0 Å². The predicted octanol–water partition coefficient (Wildman–Crippen LogP) is 3.58. The third-order valence-corrected chi connectivity index (χ3v) is 3.68. The lowest BCUT2D eigenvalue weighted by Gasteiger charge is -2.21. The first-order valence-electron chi connectivity index (χ1n) is 6.33. The molecule has 4 nitrogen and oxygen atoms in total. The summed E-state index contributed by atoms with van der Waals surface area (Å²) < 4.78 is 13.1. The molecule has 0 saturated carbocycles. The second kappa shape index (κ2) is 7.13. The van der Waals surface area contributed by atoms with Crippen molar-refractivity contribution >= 4 is 35.3 Å². The molecule has 3 amide bonds. The molecule has 0 saturated heterocycles. The van der Waals surface area contributed by atoms with Crippen molar-refractivity contribution in [2.75, 3.05) is 0 Å². The molecule has 1 atom stereocenters. The standard InChI is InChI=1S/C14H18ClFN2O2S/c1-8(12(19)17-13(20)18-14(2,3)4)21-9-5-6-11(16)10(15)7-9/h5-8H,1-4H3,(H2,17,18,19,20)/t8-/m0/s1. The Morgan fingerprint density at radius 3 is 2.48 bits per heavy atom. The number of carbonyl (C=O) groups is 2. The zero-order valence-electron chi connectivity index (χ0n) is 12.3. The molecule has 1 aromatic carbocycles.